The van der Waals surface area contributed by atoms with Crippen LogP contribution in [0.15, 0.2) is 24.3 Å². The van der Waals surface area contributed by atoms with Gasteiger partial charge in [-0.2, -0.15) is 74.6 Å². The highest BCUT2D eigenvalue weighted by molar-refractivity contribution is 5.88. The average molecular weight is 612 g/mol. The fourth-order valence-electron chi connectivity index (χ4n) is 2.74. The summed E-state index contributed by atoms with van der Waals surface area (Å²) in [6.45, 7) is 0. The van der Waals surface area contributed by atoms with Gasteiger partial charge >= 0.3 is 53.8 Å². The Morgan fingerprint density at radius 2 is 1.08 bits per heavy atom. The third kappa shape index (κ3) is 6.22. The van der Waals surface area contributed by atoms with Crippen molar-refractivity contribution in [2.45, 2.75) is 73.5 Å². The van der Waals surface area contributed by atoms with Gasteiger partial charge in [0, 0.05) is 12.8 Å². The molecule has 0 aliphatic rings. The van der Waals surface area contributed by atoms with Crippen molar-refractivity contribution in [2.24, 2.45) is 0 Å². The fraction of sp³-hybridized carbons (Fsp3) is 0.632. The van der Waals surface area contributed by atoms with Crippen molar-refractivity contribution in [3.8, 4) is 5.75 Å². The molecule has 1 rings (SSSR count). The molecule has 0 aliphatic heterocycles. The summed E-state index contributed by atoms with van der Waals surface area (Å²) in [6.07, 6.45) is -20.0. The van der Waals surface area contributed by atoms with E-state index in [4.69, 9.17) is 5.11 Å². The third-order valence-corrected chi connectivity index (χ3v) is 4.93. The summed E-state index contributed by atoms with van der Waals surface area (Å²) in [5.41, 5.74) is -1.03. The van der Waals surface area contributed by atoms with Gasteiger partial charge in [-0.1, -0.05) is 6.07 Å². The quantitative estimate of drug-likeness (QED) is 0.180. The number of carboxylic acid groups (broad SMARTS) is 1. The molecule has 226 valence electrons. The lowest BCUT2D eigenvalue weighted by Crippen LogP contribution is -2.73. The number of rotatable bonds is 13. The Hall–Kier alpha value is -2.70. The van der Waals surface area contributed by atoms with Crippen LogP contribution in [-0.2, 0) is 0 Å². The van der Waals surface area contributed by atoms with Gasteiger partial charge in [0.05, 0.1) is 5.56 Å². The van der Waals surface area contributed by atoms with Crippen molar-refractivity contribution < 1.29 is 89.3 Å². The molecular weight excluding hydrogens is 599 g/mol. The molecule has 39 heavy (non-hydrogen) atoms. The summed E-state index contributed by atoms with van der Waals surface area (Å²) >= 11 is 0. The van der Waals surface area contributed by atoms with Crippen LogP contribution in [0.1, 0.15) is 36.0 Å². The Labute approximate surface area is 205 Å². The van der Waals surface area contributed by atoms with Crippen LogP contribution in [-0.4, -0.2) is 58.9 Å². The van der Waals surface area contributed by atoms with Gasteiger partial charge in [-0.05, 0) is 31.0 Å². The van der Waals surface area contributed by atoms with Crippen LogP contribution in [0.5, 0.6) is 5.75 Å². The number of hydrogen-bond donors (Lipinski definition) is 1. The monoisotopic (exact) mass is 612 g/mol. The van der Waals surface area contributed by atoms with Crippen LogP contribution in [0.3, 0.4) is 0 Å². The molecule has 0 atom stereocenters. The molecule has 0 aliphatic carbocycles. The first-order chi connectivity index (χ1) is 17.1. The van der Waals surface area contributed by atoms with Crippen molar-refractivity contribution in [2.75, 3.05) is 0 Å². The van der Waals surface area contributed by atoms with Gasteiger partial charge in [-0.25, -0.2) is 4.79 Å². The lowest BCUT2D eigenvalue weighted by Gasteiger charge is -2.42. The van der Waals surface area contributed by atoms with E-state index in [2.05, 4.69) is 4.74 Å². The first kappa shape index (κ1) is 34.3. The number of alkyl halides is 17. The Balaban J connectivity index is 3.39. The number of benzene rings is 1. The minimum absolute atomic E-state index is 0.0509. The normalized spacial score (nSPS) is 14.9. The molecule has 1 aromatic carbocycles. The SMILES string of the molecule is O=C(O)c1cccc(OC(F)(F)C(F)(F)C(F)(F)C(F)(F)C(F)(F)C(F)(F)C(F)(F)CCCCC(F)(F)F)c1. The largest absolute Gasteiger partial charge is 0.478 e. The van der Waals surface area contributed by atoms with Crippen LogP contribution in [0.4, 0.5) is 74.6 Å². The minimum Gasteiger partial charge on any atom is -0.478 e. The number of aromatic carboxylic acids is 1. The molecule has 0 saturated heterocycles. The molecule has 0 fully saturated rings. The molecule has 1 aromatic rings. The Bertz CT molecular complexity index is 1020. The van der Waals surface area contributed by atoms with Crippen LogP contribution < -0.4 is 4.74 Å². The zero-order chi connectivity index (χ0) is 31.1. The van der Waals surface area contributed by atoms with E-state index in [-0.39, 0.29) is 12.1 Å². The maximum absolute atomic E-state index is 13.9. The fourth-order valence-corrected chi connectivity index (χ4v) is 2.74. The summed E-state index contributed by atoms with van der Waals surface area (Å²) in [5, 5.41) is 8.66. The van der Waals surface area contributed by atoms with Gasteiger partial charge in [0.1, 0.15) is 5.75 Å². The van der Waals surface area contributed by atoms with E-state index in [9.17, 15) is 79.4 Å². The van der Waals surface area contributed by atoms with Gasteiger partial charge in [-0.15, -0.1) is 0 Å². The third-order valence-electron chi connectivity index (χ3n) is 4.93. The van der Waals surface area contributed by atoms with Crippen LogP contribution in [0.2, 0.25) is 0 Å². The molecular formula is C19H13F17O3. The summed E-state index contributed by atoms with van der Waals surface area (Å²) in [6, 6.07) is 1.20. The molecule has 0 radical (unpaired) electrons. The second-order valence-corrected chi connectivity index (χ2v) is 7.85. The number of carbonyl (C=O) groups is 1. The summed E-state index contributed by atoms with van der Waals surface area (Å²) in [4.78, 5) is 10.7. The van der Waals surface area contributed by atoms with Gasteiger partial charge in [-0.3, -0.25) is 0 Å². The molecule has 1 N–H and O–H groups in total. The second kappa shape index (κ2) is 10.4. The van der Waals surface area contributed by atoms with E-state index in [0.717, 1.165) is 0 Å². The molecule has 0 unspecified atom stereocenters. The summed E-state index contributed by atoms with van der Waals surface area (Å²) < 4.78 is 233. The Morgan fingerprint density at radius 3 is 1.54 bits per heavy atom. The zero-order valence-electron chi connectivity index (χ0n) is 18.3. The second-order valence-electron chi connectivity index (χ2n) is 7.85. The first-order valence-electron chi connectivity index (χ1n) is 9.83. The van der Waals surface area contributed by atoms with Crippen molar-refractivity contribution in [1.29, 1.82) is 0 Å². The van der Waals surface area contributed by atoms with E-state index in [1.54, 1.807) is 0 Å². The molecule has 0 saturated carbocycles. The smallest absolute Gasteiger partial charge is 0.471 e. The Morgan fingerprint density at radius 1 is 0.641 bits per heavy atom. The highest BCUT2D eigenvalue weighted by atomic mass is 19.4. The summed E-state index contributed by atoms with van der Waals surface area (Å²) in [5.74, 6) is -50.7. The van der Waals surface area contributed by atoms with Crippen LogP contribution >= 0.6 is 0 Å². The van der Waals surface area contributed by atoms with E-state index >= 15 is 0 Å². The molecule has 0 amide bonds. The minimum atomic E-state index is -8.39. The lowest BCUT2D eigenvalue weighted by atomic mass is 9.89. The van der Waals surface area contributed by atoms with E-state index in [1.165, 1.54) is 0 Å². The first-order valence-corrected chi connectivity index (χ1v) is 9.83. The predicted octanol–water partition coefficient (Wildman–Crippen LogP) is 8.29. The lowest BCUT2D eigenvalue weighted by molar-refractivity contribution is -0.457. The van der Waals surface area contributed by atoms with Crippen molar-refractivity contribution >= 4 is 5.97 Å². The van der Waals surface area contributed by atoms with Crippen LogP contribution in [0, 0.1) is 0 Å². The molecule has 0 aromatic heterocycles. The number of hydrogen-bond acceptors (Lipinski definition) is 2. The number of carboxylic acids is 1. The average Bonchev–Trinajstić information content (AvgIpc) is 2.75. The van der Waals surface area contributed by atoms with E-state index in [1.807, 2.05) is 0 Å². The topological polar surface area (TPSA) is 46.5 Å². The molecule has 20 heteroatoms. The van der Waals surface area contributed by atoms with Crippen molar-refractivity contribution in [1.82, 2.24) is 0 Å². The number of halogens is 17. The van der Waals surface area contributed by atoms with Gasteiger partial charge in [0.15, 0.2) is 0 Å². The molecule has 3 nitrogen and oxygen atoms in total. The maximum atomic E-state index is 13.9. The van der Waals surface area contributed by atoms with Gasteiger partial charge < -0.3 is 9.84 Å². The highest BCUT2D eigenvalue weighted by Gasteiger charge is 2.93. The molecule has 0 spiro atoms. The predicted molar refractivity (Wildman–Crippen MR) is 93.2 cm³/mol. The van der Waals surface area contributed by atoms with E-state index < -0.39 is 90.8 Å². The van der Waals surface area contributed by atoms with Gasteiger partial charge in [0.25, 0.3) is 0 Å². The van der Waals surface area contributed by atoms with Crippen molar-refractivity contribution in [3.63, 3.8) is 0 Å². The standard InChI is InChI=1S/C19H13F17O3/c20-12(21,6-1-2-7-13(22,23)24)14(25,26)15(27,28)16(29,30)17(31,32)18(33,34)19(35,36)39-10-5-3-4-9(8-10)11(37)38/h3-5,8H,1-2,6-7H2,(H,37,38). The summed E-state index contributed by atoms with van der Waals surface area (Å²) in [7, 11) is 0. The zero-order valence-corrected chi connectivity index (χ0v) is 18.3. The molecule has 0 heterocycles. The number of ether oxygens (including phenoxy) is 1. The number of unbranched alkanes of at least 4 members (excludes halogenated alkanes) is 1. The van der Waals surface area contributed by atoms with Crippen LogP contribution in [0.25, 0.3) is 0 Å². The Kier molecular flexibility index (Phi) is 9.12. The van der Waals surface area contributed by atoms with Crippen molar-refractivity contribution in [3.05, 3.63) is 29.8 Å². The molecule has 0 bridgehead atoms. The highest BCUT2D eigenvalue weighted by Crippen LogP contribution is 2.62. The maximum Gasteiger partial charge on any atom is 0.471 e. The van der Waals surface area contributed by atoms with Gasteiger partial charge in [0.2, 0.25) is 0 Å². The van der Waals surface area contributed by atoms with E-state index in [0.29, 0.717) is 12.1 Å².